The second-order valence-corrected chi connectivity index (χ2v) is 5.25. The number of hydrogen-bond donors (Lipinski definition) is 0. The Kier molecular flexibility index (Phi) is 3.59. The van der Waals surface area contributed by atoms with Gasteiger partial charge in [0.05, 0.1) is 12.1 Å². The van der Waals surface area contributed by atoms with Gasteiger partial charge in [0.2, 0.25) is 0 Å². The number of carbonyl (C=O) groups excluding carboxylic acids is 1. The number of methoxy groups -OCH3 is 1. The molecule has 2 aromatic rings. The lowest BCUT2D eigenvalue weighted by molar-refractivity contribution is -0.142. The topological polar surface area (TPSA) is 65.7 Å². The fourth-order valence-corrected chi connectivity index (χ4v) is 2.81. The molecule has 0 saturated heterocycles. The van der Waals surface area contributed by atoms with Crippen molar-refractivity contribution in [2.45, 2.75) is 19.3 Å². The molecule has 0 aliphatic heterocycles. The Morgan fingerprint density at radius 1 is 1.33 bits per heavy atom. The highest BCUT2D eigenvalue weighted by atomic mass is 35.5. The standard InChI is InChI=1S/C15H13ClO5/c1-19-14(17)7-20-13-6-12-10(5-11(13)16)8-3-2-4-9(8)15(18)21-12/h5-6H,2-4,7H2,1H3. The van der Waals surface area contributed by atoms with Crippen LogP contribution in [0.3, 0.4) is 0 Å². The third-order valence-corrected chi connectivity index (χ3v) is 3.89. The average molecular weight is 309 g/mol. The zero-order chi connectivity index (χ0) is 15.0. The summed E-state index contributed by atoms with van der Waals surface area (Å²) in [7, 11) is 1.27. The largest absolute Gasteiger partial charge is 0.480 e. The maximum atomic E-state index is 11.9. The molecule has 1 aliphatic rings. The summed E-state index contributed by atoms with van der Waals surface area (Å²) in [4.78, 5) is 23.0. The van der Waals surface area contributed by atoms with Gasteiger partial charge in [0.15, 0.2) is 6.61 Å². The lowest BCUT2D eigenvalue weighted by atomic mass is 10.1. The van der Waals surface area contributed by atoms with Gasteiger partial charge in [-0.25, -0.2) is 9.59 Å². The van der Waals surface area contributed by atoms with E-state index in [1.165, 1.54) is 7.11 Å². The Bertz CT molecular complexity index is 778. The van der Waals surface area contributed by atoms with E-state index in [-0.39, 0.29) is 18.0 Å². The first kappa shape index (κ1) is 13.9. The van der Waals surface area contributed by atoms with Gasteiger partial charge in [0.1, 0.15) is 11.3 Å². The number of halogens is 1. The molecule has 21 heavy (non-hydrogen) atoms. The molecule has 0 N–H and O–H groups in total. The minimum absolute atomic E-state index is 0.253. The van der Waals surface area contributed by atoms with Crippen LogP contribution in [0.15, 0.2) is 21.3 Å². The van der Waals surface area contributed by atoms with Crippen LogP contribution in [0.25, 0.3) is 11.0 Å². The lowest BCUT2D eigenvalue weighted by Crippen LogP contribution is -2.13. The SMILES string of the molecule is COC(=O)COc1cc2oc(=O)c3c(c2cc1Cl)CCC3. The van der Waals surface area contributed by atoms with Crippen LogP contribution in [0.1, 0.15) is 17.5 Å². The maximum absolute atomic E-state index is 11.9. The summed E-state index contributed by atoms with van der Waals surface area (Å²) in [6, 6.07) is 3.26. The quantitative estimate of drug-likeness (QED) is 0.644. The summed E-state index contributed by atoms with van der Waals surface area (Å²) >= 11 is 6.17. The van der Waals surface area contributed by atoms with Crippen LogP contribution >= 0.6 is 11.6 Å². The van der Waals surface area contributed by atoms with Gasteiger partial charge in [-0.3, -0.25) is 0 Å². The molecule has 5 nitrogen and oxygen atoms in total. The molecule has 0 spiro atoms. The van der Waals surface area contributed by atoms with E-state index in [1.807, 2.05) is 0 Å². The molecule has 0 radical (unpaired) electrons. The smallest absolute Gasteiger partial charge is 0.343 e. The number of esters is 1. The summed E-state index contributed by atoms with van der Waals surface area (Å²) in [5.74, 6) is -0.225. The van der Waals surface area contributed by atoms with Crippen LogP contribution < -0.4 is 10.4 Å². The Morgan fingerprint density at radius 3 is 2.86 bits per heavy atom. The van der Waals surface area contributed by atoms with E-state index in [0.29, 0.717) is 10.6 Å². The molecule has 6 heteroatoms. The van der Waals surface area contributed by atoms with Crippen molar-refractivity contribution < 1.29 is 18.7 Å². The Morgan fingerprint density at radius 2 is 2.10 bits per heavy atom. The zero-order valence-electron chi connectivity index (χ0n) is 11.4. The summed E-state index contributed by atoms with van der Waals surface area (Å²) < 4.78 is 15.1. The van der Waals surface area contributed by atoms with Crippen molar-refractivity contribution in [3.8, 4) is 5.75 Å². The van der Waals surface area contributed by atoms with Crippen LogP contribution in [0.5, 0.6) is 5.75 Å². The number of carbonyl (C=O) groups is 1. The second-order valence-electron chi connectivity index (χ2n) is 4.84. The fourth-order valence-electron chi connectivity index (χ4n) is 2.59. The predicted octanol–water partition coefficient (Wildman–Crippen LogP) is 2.49. The van der Waals surface area contributed by atoms with Crippen molar-refractivity contribution in [1.29, 1.82) is 0 Å². The highest BCUT2D eigenvalue weighted by Gasteiger charge is 2.21. The second kappa shape index (κ2) is 5.41. The predicted molar refractivity (Wildman–Crippen MR) is 77.0 cm³/mol. The monoisotopic (exact) mass is 308 g/mol. The van der Waals surface area contributed by atoms with E-state index in [0.717, 1.165) is 35.8 Å². The summed E-state index contributed by atoms with van der Waals surface area (Å²) in [6.07, 6.45) is 2.53. The molecule has 0 fully saturated rings. The Labute approximate surface area is 125 Å². The van der Waals surface area contributed by atoms with E-state index in [9.17, 15) is 9.59 Å². The van der Waals surface area contributed by atoms with Gasteiger partial charge in [-0.2, -0.15) is 0 Å². The lowest BCUT2D eigenvalue weighted by Gasteiger charge is -2.09. The number of fused-ring (bicyclic) bond motifs is 3. The number of aryl methyl sites for hydroxylation is 1. The van der Waals surface area contributed by atoms with Gasteiger partial charge in [-0.1, -0.05) is 11.6 Å². The molecule has 0 saturated carbocycles. The third-order valence-electron chi connectivity index (χ3n) is 3.60. The van der Waals surface area contributed by atoms with Crippen molar-refractivity contribution in [2.24, 2.45) is 0 Å². The molecule has 1 aromatic carbocycles. The van der Waals surface area contributed by atoms with E-state index in [4.69, 9.17) is 20.8 Å². The first-order valence-electron chi connectivity index (χ1n) is 6.58. The van der Waals surface area contributed by atoms with E-state index in [2.05, 4.69) is 4.74 Å². The molecule has 0 unspecified atom stereocenters. The van der Waals surface area contributed by atoms with Gasteiger partial charge >= 0.3 is 11.6 Å². The molecule has 1 aromatic heterocycles. The summed E-state index contributed by atoms with van der Waals surface area (Å²) in [5, 5.41) is 1.20. The first-order valence-corrected chi connectivity index (χ1v) is 6.95. The number of ether oxygens (including phenoxy) is 2. The van der Waals surface area contributed by atoms with E-state index in [1.54, 1.807) is 12.1 Å². The van der Waals surface area contributed by atoms with Crippen LogP contribution in [0, 0.1) is 0 Å². The summed E-state index contributed by atoms with van der Waals surface area (Å²) in [5.41, 5.74) is 1.85. The normalized spacial score (nSPS) is 13.2. The molecule has 1 heterocycles. The van der Waals surface area contributed by atoms with Crippen molar-refractivity contribution in [2.75, 3.05) is 13.7 Å². The van der Waals surface area contributed by atoms with Gasteiger partial charge in [0, 0.05) is 17.0 Å². The minimum atomic E-state index is -0.512. The molecular formula is C15H13ClO5. The molecule has 3 rings (SSSR count). The molecule has 1 aliphatic carbocycles. The van der Waals surface area contributed by atoms with Crippen LogP contribution in [0.2, 0.25) is 5.02 Å². The third kappa shape index (κ3) is 2.49. The van der Waals surface area contributed by atoms with Crippen molar-refractivity contribution in [1.82, 2.24) is 0 Å². The number of benzene rings is 1. The molecule has 110 valence electrons. The van der Waals surface area contributed by atoms with Gasteiger partial charge in [0.25, 0.3) is 0 Å². The van der Waals surface area contributed by atoms with Gasteiger partial charge in [-0.15, -0.1) is 0 Å². The first-order chi connectivity index (χ1) is 10.1. The highest BCUT2D eigenvalue weighted by Crippen LogP contribution is 2.34. The van der Waals surface area contributed by atoms with Crippen LogP contribution in [-0.2, 0) is 22.4 Å². The fraction of sp³-hybridized carbons (Fsp3) is 0.333. The molecular weight excluding hydrogens is 296 g/mol. The van der Waals surface area contributed by atoms with Gasteiger partial charge in [-0.05, 0) is 30.9 Å². The molecule has 0 amide bonds. The summed E-state index contributed by atoms with van der Waals surface area (Å²) in [6.45, 7) is -0.253. The number of hydrogen-bond acceptors (Lipinski definition) is 5. The van der Waals surface area contributed by atoms with Crippen molar-refractivity contribution in [3.05, 3.63) is 38.7 Å². The van der Waals surface area contributed by atoms with Crippen molar-refractivity contribution >= 4 is 28.5 Å². The van der Waals surface area contributed by atoms with E-state index < -0.39 is 5.97 Å². The highest BCUT2D eigenvalue weighted by molar-refractivity contribution is 6.32. The van der Waals surface area contributed by atoms with Gasteiger partial charge < -0.3 is 13.9 Å². The molecule has 0 bridgehead atoms. The zero-order valence-corrected chi connectivity index (χ0v) is 12.2. The van der Waals surface area contributed by atoms with Crippen molar-refractivity contribution in [3.63, 3.8) is 0 Å². The number of rotatable bonds is 3. The van der Waals surface area contributed by atoms with Crippen LogP contribution in [0.4, 0.5) is 0 Å². The van der Waals surface area contributed by atoms with E-state index >= 15 is 0 Å². The minimum Gasteiger partial charge on any atom is -0.480 e. The Hall–Kier alpha value is -2.01. The van der Waals surface area contributed by atoms with Crippen LogP contribution in [-0.4, -0.2) is 19.7 Å². The molecule has 0 atom stereocenters. The maximum Gasteiger partial charge on any atom is 0.343 e. The average Bonchev–Trinajstić information content (AvgIpc) is 2.96. The Balaban J connectivity index is 2.06.